The summed E-state index contributed by atoms with van der Waals surface area (Å²) in [7, 11) is 3.89. The maximum absolute atomic E-state index is 14.2. The number of nitrogens with one attached hydrogen (secondary N) is 2. The summed E-state index contributed by atoms with van der Waals surface area (Å²) in [4.78, 5) is 97.0. The number of carbonyl (C=O) groups excluding carboxylic acids is 7. The van der Waals surface area contributed by atoms with Gasteiger partial charge in [-0.3, -0.25) is 24.0 Å². The molecule has 4 amide bonds. The standard InChI is InChI=1S/C39H54N4O10S2/c1-51-33(44)18-17-25(34(45)40-27-19-21-54-31-13-7-11-29(38(49)52-2)42(31)36(27)47)15-16-26(23-24-9-5-4-6-10-24)35(46)41-28-20-22-55-32-14-8-12-30(39(50)53-3)43(32)37(28)48/h4-6,9-10,25-32H,7-8,11-23H2,1-3H3,(H,40,45)(H,41,46). The molecular formula is C39H54N4O10S2. The van der Waals surface area contributed by atoms with Crippen molar-refractivity contribution in [2.45, 2.75) is 118 Å². The van der Waals surface area contributed by atoms with E-state index in [4.69, 9.17) is 14.2 Å². The number of benzene rings is 1. The first kappa shape index (κ1) is 42.4. The fraction of sp³-hybridized carbons (Fsp3) is 0.667. The van der Waals surface area contributed by atoms with E-state index in [1.54, 1.807) is 33.3 Å². The first-order chi connectivity index (χ1) is 26.6. The highest BCUT2D eigenvalue weighted by atomic mass is 32.2. The Morgan fingerprint density at radius 2 is 1.16 bits per heavy atom. The molecule has 0 spiro atoms. The van der Waals surface area contributed by atoms with E-state index in [0.29, 0.717) is 43.6 Å². The van der Waals surface area contributed by atoms with Crippen LogP contribution in [0.2, 0.25) is 0 Å². The Morgan fingerprint density at radius 1 is 0.673 bits per heavy atom. The summed E-state index contributed by atoms with van der Waals surface area (Å²) >= 11 is 3.20. The zero-order valence-electron chi connectivity index (χ0n) is 31.9. The molecule has 16 heteroatoms. The van der Waals surface area contributed by atoms with Crippen LogP contribution in [-0.4, -0.2) is 119 Å². The van der Waals surface area contributed by atoms with Gasteiger partial charge in [-0.1, -0.05) is 30.3 Å². The lowest BCUT2D eigenvalue weighted by molar-refractivity contribution is -0.156. The molecule has 5 rings (SSSR count). The minimum Gasteiger partial charge on any atom is -0.469 e. The number of piperidine rings is 2. The van der Waals surface area contributed by atoms with Crippen molar-refractivity contribution in [2.75, 3.05) is 32.8 Å². The highest BCUT2D eigenvalue weighted by Gasteiger charge is 2.45. The number of hydrogen-bond donors (Lipinski definition) is 2. The third-order valence-corrected chi connectivity index (χ3v) is 13.8. The monoisotopic (exact) mass is 802 g/mol. The van der Waals surface area contributed by atoms with Gasteiger partial charge in [-0.2, -0.15) is 0 Å². The van der Waals surface area contributed by atoms with Gasteiger partial charge in [0.1, 0.15) is 24.2 Å². The summed E-state index contributed by atoms with van der Waals surface area (Å²) in [5.74, 6) is -2.97. The fourth-order valence-corrected chi connectivity index (χ4v) is 10.9. The lowest BCUT2D eigenvalue weighted by Crippen LogP contribution is -2.58. The van der Waals surface area contributed by atoms with Crippen molar-refractivity contribution in [2.24, 2.45) is 11.8 Å². The van der Waals surface area contributed by atoms with Gasteiger partial charge in [0.25, 0.3) is 0 Å². The van der Waals surface area contributed by atoms with Crippen LogP contribution >= 0.6 is 23.5 Å². The molecular weight excluding hydrogens is 749 g/mol. The number of hydrogen-bond acceptors (Lipinski definition) is 12. The van der Waals surface area contributed by atoms with Gasteiger partial charge in [-0.15, -0.1) is 23.5 Å². The van der Waals surface area contributed by atoms with Crippen LogP contribution in [0.1, 0.15) is 82.6 Å². The molecule has 0 radical (unpaired) electrons. The van der Waals surface area contributed by atoms with Gasteiger partial charge >= 0.3 is 17.9 Å². The van der Waals surface area contributed by atoms with Gasteiger partial charge in [0.05, 0.1) is 32.1 Å². The Labute approximate surface area is 331 Å². The van der Waals surface area contributed by atoms with E-state index in [-0.39, 0.29) is 54.2 Å². The lowest BCUT2D eigenvalue weighted by atomic mass is 9.87. The summed E-state index contributed by atoms with van der Waals surface area (Å²) in [5, 5.41) is 5.60. The number of amides is 4. The van der Waals surface area contributed by atoms with Crippen LogP contribution in [0.15, 0.2) is 30.3 Å². The average Bonchev–Trinajstić information content (AvgIpc) is 3.46. The Kier molecular flexibility index (Phi) is 15.7. The van der Waals surface area contributed by atoms with Crippen molar-refractivity contribution < 1.29 is 47.8 Å². The molecule has 8 unspecified atom stereocenters. The normalized spacial score (nSPS) is 26.5. The summed E-state index contributed by atoms with van der Waals surface area (Å²) in [6.45, 7) is 0. The number of fused-ring (bicyclic) bond motifs is 2. The van der Waals surface area contributed by atoms with E-state index < -0.39 is 59.8 Å². The van der Waals surface area contributed by atoms with E-state index in [9.17, 15) is 33.6 Å². The SMILES string of the molecule is COC(=O)CCC(CCC(Cc1ccccc1)C(=O)NC1CCSC2CCCC(C(=O)OC)N2C1=O)C(=O)NC1CCSC2CCCC(C(=O)OC)N2C1=O. The van der Waals surface area contributed by atoms with Gasteiger partial charge < -0.3 is 34.6 Å². The quantitative estimate of drug-likeness (QED) is 0.208. The minimum atomic E-state index is -0.870. The number of rotatable bonds is 14. The van der Waals surface area contributed by atoms with Crippen LogP contribution in [0.25, 0.3) is 0 Å². The van der Waals surface area contributed by atoms with Crippen LogP contribution in [0.3, 0.4) is 0 Å². The molecule has 55 heavy (non-hydrogen) atoms. The smallest absolute Gasteiger partial charge is 0.328 e. The van der Waals surface area contributed by atoms with E-state index in [2.05, 4.69) is 10.6 Å². The topological polar surface area (TPSA) is 178 Å². The largest absolute Gasteiger partial charge is 0.469 e. The van der Waals surface area contributed by atoms with Gasteiger partial charge in [-0.25, -0.2) is 9.59 Å². The van der Waals surface area contributed by atoms with Crippen molar-refractivity contribution in [3.05, 3.63) is 35.9 Å². The molecule has 0 aliphatic carbocycles. The molecule has 2 N–H and O–H groups in total. The second-order valence-electron chi connectivity index (χ2n) is 14.6. The minimum absolute atomic E-state index is 0.0379. The molecule has 1 aromatic carbocycles. The lowest BCUT2D eigenvalue weighted by Gasteiger charge is -2.40. The molecule has 1 aromatic rings. The highest BCUT2D eigenvalue weighted by Crippen LogP contribution is 2.36. The predicted octanol–water partition coefficient (Wildman–Crippen LogP) is 3.20. The number of methoxy groups -OCH3 is 3. The Hall–Kier alpha value is -3.79. The molecule has 4 heterocycles. The van der Waals surface area contributed by atoms with Crippen molar-refractivity contribution in [1.82, 2.24) is 20.4 Å². The zero-order valence-corrected chi connectivity index (χ0v) is 33.5. The van der Waals surface area contributed by atoms with Crippen LogP contribution in [0.5, 0.6) is 0 Å². The molecule has 4 saturated heterocycles. The third kappa shape index (κ3) is 10.7. The highest BCUT2D eigenvalue weighted by molar-refractivity contribution is 8.00. The molecule has 4 fully saturated rings. The van der Waals surface area contributed by atoms with Crippen molar-refractivity contribution in [3.8, 4) is 0 Å². The Morgan fingerprint density at radius 3 is 1.65 bits per heavy atom. The van der Waals surface area contributed by atoms with Crippen LogP contribution < -0.4 is 10.6 Å². The van der Waals surface area contributed by atoms with Crippen LogP contribution in [0.4, 0.5) is 0 Å². The molecule has 8 atom stereocenters. The molecule has 302 valence electrons. The van der Waals surface area contributed by atoms with Gasteiger partial charge in [0.15, 0.2) is 0 Å². The van der Waals surface area contributed by atoms with Gasteiger partial charge in [0, 0.05) is 18.3 Å². The van der Waals surface area contributed by atoms with E-state index in [1.807, 2.05) is 30.3 Å². The Bertz CT molecular complexity index is 1550. The van der Waals surface area contributed by atoms with E-state index in [1.165, 1.54) is 21.3 Å². The van der Waals surface area contributed by atoms with Gasteiger partial charge in [0.2, 0.25) is 23.6 Å². The summed E-state index contributed by atoms with van der Waals surface area (Å²) in [5.41, 5.74) is 0.903. The second kappa shape index (κ2) is 20.4. The first-order valence-electron chi connectivity index (χ1n) is 19.3. The molecule has 4 aliphatic rings. The van der Waals surface area contributed by atoms with Crippen LogP contribution in [-0.2, 0) is 54.2 Å². The van der Waals surface area contributed by atoms with E-state index >= 15 is 0 Å². The van der Waals surface area contributed by atoms with Crippen molar-refractivity contribution in [1.29, 1.82) is 0 Å². The molecule has 4 aliphatic heterocycles. The number of ether oxygens (including phenoxy) is 3. The summed E-state index contributed by atoms with van der Waals surface area (Å²) in [6, 6.07) is 6.34. The first-order valence-corrected chi connectivity index (χ1v) is 21.4. The summed E-state index contributed by atoms with van der Waals surface area (Å²) in [6.07, 6.45) is 5.74. The fourth-order valence-electron chi connectivity index (χ4n) is 8.11. The number of thioether (sulfide) groups is 2. The third-order valence-electron chi connectivity index (χ3n) is 11.1. The number of nitrogens with zero attached hydrogens (tertiary/aromatic N) is 2. The molecule has 0 aromatic heterocycles. The second-order valence-corrected chi connectivity index (χ2v) is 17.1. The van der Waals surface area contributed by atoms with Crippen LogP contribution in [0, 0.1) is 11.8 Å². The zero-order chi connectivity index (χ0) is 39.5. The number of carbonyl (C=O) groups is 7. The predicted molar refractivity (Wildman–Crippen MR) is 206 cm³/mol. The molecule has 0 bridgehead atoms. The molecule has 0 saturated carbocycles. The van der Waals surface area contributed by atoms with Crippen molar-refractivity contribution in [3.63, 3.8) is 0 Å². The number of esters is 3. The van der Waals surface area contributed by atoms with Gasteiger partial charge in [-0.05, 0) is 94.1 Å². The maximum Gasteiger partial charge on any atom is 0.328 e. The maximum atomic E-state index is 14.2. The average molecular weight is 803 g/mol. The Balaban J connectivity index is 1.32. The van der Waals surface area contributed by atoms with E-state index in [0.717, 1.165) is 31.2 Å². The van der Waals surface area contributed by atoms with Crippen molar-refractivity contribution >= 4 is 65.1 Å². The summed E-state index contributed by atoms with van der Waals surface area (Å²) < 4.78 is 14.9. The molecule has 14 nitrogen and oxygen atoms in total.